The van der Waals surface area contributed by atoms with Crippen LogP contribution >= 0.6 is 0 Å². The minimum Gasteiger partial charge on any atom is -0.454 e. The van der Waals surface area contributed by atoms with Gasteiger partial charge in [0.05, 0.1) is 22.7 Å². The van der Waals surface area contributed by atoms with E-state index in [0.29, 0.717) is 0 Å². The number of fused-ring (bicyclic) bond motifs is 13. The summed E-state index contributed by atoms with van der Waals surface area (Å²) in [6.07, 6.45) is 0. The molecule has 73 heavy (non-hydrogen) atoms. The Kier molecular flexibility index (Phi) is 9.19. The van der Waals surface area contributed by atoms with Gasteiger partial charge in [-0.1, -0.05) is 194 Å². The normalized spacial score (nSPS) is 11.8. The van der Waals surface area contributed by atoms with E-state index in [1.807, 2.05) is 24.3 Å². The monoisotopic (exact) mass is 934 g/mol. The summed E-state index contributed by atoms with van der Waals surface area (Å²) in [7, 11) is 0. The standard InChI is InChI=1S/C68H42N2O3/c1-3-19-43(20-4-1)45-25-15-27-49(39-45)69(57-35-17-33-55-53-31-11-13-37-61(53)71-65(55)57)59-41-47-23-7-9-29-51(47)63-64-52-30-10-8-24-48(52)42-60(68(64)73-67(59)63)70(50-28-16-26-46(40-50)44-21-5-2-6-22-44)58-36-18-34-56-54-32-12-14-38-62(54)72-66(56)58/h1-42H. The number of furan rings is 3. The minimum absolute atomic E-state index is 0.754. The fourth-order valence-corrected chi connectivity index (χ4v) is 11.3. The highest BCUT2D eigenvalue weighted by atomic mass is 16.3. The summed E-state index contributed by atoms with van der Waals surface area (Å²) in [4.78, 5) is 4.68. The van der Waals surface area contributed by atoms with E-state index in [4.69, 9.17) is 13.3 Å². The summed E-state index contributed by atoms with van der Waals surface area (Å²) in [6, 6.07) is 90.2. The van der Waals surface area contributed by atoms with E-state index in [1.165, 1.54) is 0 Å². The maximum atomic E-state index is 7.81. The highest BCUT2D eigenvalue weighted by Crippen LogP contribution is 2.53. The molecule has 12 aromatic carbocycles. The molecule has 5 heteroatoms. The fraction of sp³-hybridized carbons (Fsp3) is 0. The summed E-state index contributed by atoms with van der Waals surface area (Å²) >= 11 is 0. The molecule has 0 aliphatic heterocycles. The van der Waals surface area contributed by atoms with Crippen molar-refractivity contribution in [3.63, 3.8) is 0 Å². The van der Waals surface area contributed by atoms with E-state index < -0.39 is 0 Å². The molecule has 0 bridgehead atoms. The summed E-state index contributed by atoms with van der Waals surface area (Å²) in [5, 5.41) is 10.6. The van der Waals surface area contributed by atoms with Gasteiger partial charge in [-0.2, -0.15) is 0 Å². The Balaban J connectivity index is 1.08. The van der Waals surface area contributed by atoms with Crippen LogP contribution in [-0.4, -0.2) is 0 Å². The van der Waals surface area contributed by atoms with Gasteiger partial charge in [-0.25, -0.2) is 0 Å². The smallest absolute Gasteiger partial charge is 0.160 e. The lowest BCUT2D eigenvalue weighted by Gasteiger charge is -2.27. The average Bonchev–Trinajstić information content (AvgIpc) is 4.20. The molecule has 15 aromatic rings. The molecular formula is C68H42N2O3. The second-order valence-electron chi connectivity index (χ2n) is 18.8. The first-order valence-corrected chi connectivity index (χ1v) is 24.7. The van der Waals surface area contributed by atoms with Gasteiger partial charge < -0.3 is 23.1 Å². The van der Waals surface area contributed by atoms with Crippen molar-refractivity contribution in [1.82, 2.24) is 0 Å². The Bertz CT molecular complexity index is 4350. The van der Waals surface area contributed by atoms with Gasteiger partial charge in [-0.3, -0.25) is 0 Å². The Labute approximate surface area is 419 Å². The summed E-state index contributed by atoms with van der Waals surface area (Å²) in [6.45, 7) is 0. The van der Waals surface area contributed by atoms with Crippen LogP contribution in [0, 0.1) is 0 Å². The molecule has 15 rings (SSSR count). The third-order valence-corrected chi connectivity index (χ3v) is 14.6. The van der Waals surface area contributed by atoms with Crippen LogP contribution in [0.1, 0.15) is 0 Å². The van der Waals surface area contributed by atoms with E-state index in [9.17, 15) is 0 Å². The third-order valence-electron chi connectivity index (χ3n) is 14.6. The number of anilines is 6. The van der Waals surface area contributed by atoms with E-state index in [0.717, 1.165) is 144 Å². The van der Waals surface area contributed by atoms with Crippen molar-refractivity contribution in [2.75, 3.05) is 9.80 Å². The highest BCUT2D eigenvalue weighted by molar-refractivity contribution is 6.32. The van der Waals surface area contributed by atoms with Gasteiger partial charge >= 0.3 is 0 Å². The fourth-order valence-electron chi connectivity index (χ4n) is 11.3. The summed E-state index contributed by atoms with van der Waals surface area (Å²) in [5.41, 5.74) is 14.7. The molecule has 0 saturated heterocycles. The van der Waals surface area contributed by atoms with E-state index in [-0.39, 0.29) is 0 Å². The lowest BCUT2D eigenvalue weighted by molar-refractivity contribution is 0.665. The molecule has 0 aliphatic rings. The van der Waals surface area contributed by atoms with Crippen LogP contribution in [-0.2, 0) is 0 Å². The van der Waals surface area contributed by atoms with Crippen LogP contribution < -0.4 is 9.80 Å². The molecule has 342 valence electrons. The molecule has 0 amide bonds. The van der Waals surface area contributed by atoms with Crippen molar-refractivity contribution in [2.24, 2.45) is 0 Å². The zero-order chi connectivity index (χ0) is 48.0. The first-order valence-electron chi connectivity index (χ1n) is 24.7. The van der Waals surface area contributed by atoms with Crippen LogP contribution in [0.25, 0.3) is 110 Å². The number of hydrogen-bond acceptors (Lipinski definition) is 5. The molecule has 0 spiro atoms. The number of nitrogens with zero attached hydrogens (tertiary/aromatic N) is 2. The number of rotatable bonds is 8. The molecule has 0 unspecified atom stereocenters. The molecular weight excluding hydrogens is 893 g/mol. The second-order valence-corrected chi connectivity index (χ2v) is 18.8. The van der Waals surface area contributed by atoms with Gasteiger partial charge in [0.2, 0.25) is 0 Å². The lowest BCUT2D eigenvalue weighted by Crippen LogP contribution is -2.11. The second kappa shape index (κ2) is 16.4. The van der Waals surface area contributed by atoms with Crippen LogP contribution in [0.15, 0.2) is 268 Å². The minimum atomic E-state index is 0.754. The van der Waals surface area contributed by atoms with Crippen molar-refractivity contribution in [2.45, 2.75) is 0 Å². The SMILES string of the molecule is c1ccc(-c2cccc(N(c3cccc4c3oc3ccccc34)c3cc4ccccc4c4c3oc3c(N(c5cccc(-c6ccccc6)c5)c5cccc6c5oc5ccccc56)cc5ccccc5c34)c2)cc1. The van der Waals surface area contributed by atoms with Crippen molar-refractivity contribution in [3.8, 4) is 22.3 Å². The van der Waals surface area contributed by atoms with Crippen molar-refractivity contribution >= 4 is 121 Å². The van der Waals surface area contributed by atoms with E-state index in [1.54, 1.807) is 0 Å². The molecule has 3 aromatic heterocycles. The summed E-state index contributed by atoms with van der Waals surface area (Å²) in [5.74, 6) is 0. The van der Waals surface area contributed by atoms with Gasteiger partial charge in [0.15, 0.2) is 22.3 Å². The van der Waals surface area contributed by atoms with Crippen molar-refractivity contribution in [3.05, 3.63) is 255 Å². The summed E-state index contributed by atoms with van der Waals surface area (Å²) < 4.78 is 21.6. The van der Waals surface area contributed by atoms with Crippen LogP contribution in [0.4, 0.5) is 34.1 Å². The van der Waals surface area contributed by atoms with Gasteiger partial charge in [0.1, 0.15) is 11.2 Å². The first kappa shape index (κ1) is 41.0. The Hall–Kier alpha value is -9.84. The molecule has 0 aliphatic carbocycles. The number of para-hydroxylation sites is 4. The van der Waals surface area contributed by atoms with Crippen LogP contribution in [0.3, 0.4) is 0 Å². The van der Waals surface area contributed by atoms with Crippen LogP contribution in [0.5, 0.6) is 0 Å². The molecule has 3 heterocycles. The lowest BCUT2D eigenvalue weighted by atomic mass is 9.97. The maximum absolute atomic E-state index is 7.81. The van der Waals surface area contributed by atoms with E-state index in [2.05, 4.69) is 240 Å². The predicted octanol–water partition coefficient (Wildman–Crippen LogP) is 20.0. The Morgan fingerprint density at radius 3 is 1.07 bits per heavy atom. The molecule has 0 radical (unpaired) electrons. The average molecular weight is 935 g/mol. The molecule has 0 N–H and O–H groups in total. The van der Waals surface area contributed by atoms with Gasteiger partial charge in [-0.05, 0) is 104 Å². The van der Waals surface area contributed by atoms with E-state index >= 15 is 0 Å². The number of hydrogen-bond donors (Lipinski definition) is 0. The first-order chi connectivity index (χ1) is 36.2. The maximum Gasteiger partial charge on any atom is 0.160 e. The van der Waals surface area contributed by atoms with Crippen molar-refractivity contribution in [1.29, 1.82) is 0 Å². The zero-order valence-electron chi connectivity index (χ0n) is 39.4. The highest BCUT2D eigenvalue weighted by Gasteiger charge is 2.30. The zero-order valence-corrected chi connectivity index (χ0v) is 39.4. The Morgan fingerprint density at radius 2 is 0.603 bits per heavy atom. The predicted molar refractivity (Wildman–Crippen MR) is 304 cm³/mol. The molecule has 5 nitrogen and oxygen atoms in total. The Morgan fingerprint density at radius 1 is 0.233 bits per heavy atom. The molecule has 0 atom stereocenters. The van der Waals surface area contributed by atoms with Gasteiger partial charge in [0, 0.05) is 43.7 Å². The van der Waals surface area contributed by atoms with Crippen molar-refractivity contribution < 1.29 is 13.3 Å². The third kappa shape index (κ3) is 6.49. The van der Waals surface area contributed by atoms with Gasteiger partial charge in [-0.15, -0.1) is 0 Å². The largest absolute Gasteiger partial charge is 0.454 e. The van der Waals surface area contributed by atoms with Gasteiger partial charge in [0.25, 0.3) is 0 Å². The quantitative estimate of drug-likeness (QED) is 0.152. The molecule has 0 saturated carbocycles. The number of benzene rings is 12. The molecule has 0 fully saturated rings. The topological polar surface area (TPSA) is 45.9 Å². The van der Waals surface area contributed by atoms with Crippen LogP contribution in [0.2, 0.25) is 0 Å².